The Morgan fingerprint density at radius 3 is 3.05 bits per heavy atom. The van der Waals surface area contributed by atoms with Crippen molar-refractivity contribution in [2.45, 2.75) is 31.0 Å². The molecular formula is C11H20N4O3S. The van der Waals surface area contributed by atoms with E-state index in [-0.39, 0.29) is 17.0 Å². The van der Waals surface area contributed by atoms with Gasteiger partial charge in [-0.15, -0.1) is 0 Å². The number of aromatic amines is 1. The average Bonchev–Trinajstić information content (AvgIpc) is 2.99. The first-order valence-electron chi connectivity index (χ1n) is 6.31. The Bertz CT molecular complexity index is 508. The summed E-state index contributed by atoms with van der Waals surface area (Å²) in [4.78, 5) is 0. The van der Waals surface area contributed by atoms with Crippen LogP contribution in [0.25, 0.3) is 0 Å². The maximum atomic E-state index is 12.3. The molecule has 8 heteroatoms. The number of hydrogen-bond donors (Lipinski definition) is 3. The van der Waals surface area contributed by atoms with Crippen molar-refractivity contribution in [3.63, 3.8) is 0 Å². The molecule has 0 bridgehead atoms. The third kappa shape index (κ3) is 3.33. The maximum Gasteiger partial charge on any atom is 0.258 e. The monoisotopic (exact) mass is 288 g/mol. The standard InChI is InChI=1S/C11H20N4O3S/c1-8(9-3-4-18-7-9)15-19(16,17)11-10(5-12-2)6-13-14-11/h6,8-9,12,15H,3-5,7H2,1-2H3,(H,13,14). The SMILES string of the molecule is CNCc1cn[nH]c1S(=O)(=O)NC(C)C1CCOC1. The fourth-order valence-corrected chi connectivity index (χ4v) is 3.64. The second-order valence-electron chi connectivity index (χ2n) is 4.79. The summed E-state index contributed by atoms with van der Waals surface area (Å²) in [6.07, 6.45) is 2.41. The normalized spacial score (nSPS) is 21.7. The van der Waals surface area contributed by atoms with E-state index in [1.165, 1.54) is 6.20 Å². The Kier molecular flexibility index (Phi) is 4.56. The molecule has 0 spiro atoms. The van der Waals surface area contributed by atoms with Crippen molar-refractivity contribution in [3.05, 3.63) is 11.8 Å². The lowest BCUT2D eigenvalue weighted by atomic mass is 10.0. The number of H-pyrrole nitrogens is 1. The highest BCUT2D eigenvalue weighted by atomic mass is 32.2. The van der Waals surface area contributed by atoms with Crippen LogP contribution in [-0.4, -0.2) is 44.9 Å². The second-order valence-corrected chi connectivity index (χ2v) is 6.44. The molecule has 1 aliphatic rings. The summed E-state index contributed by atoms with van der Waals surface area (Å²) in [5.41, 5.74) is 0.630. The first-order chi connectivity index (χ1) is 9.04. The molecule has 0 aliphatic carbocycles. The number of aromatic nitrogens is 2. The summed E-state index contributed by atoms with van der Waals surface area (Å²) in [7, 11) is -1.81. The van der Waals surface area contributed by atoms with E-state index in [1.807, 2.05) is 6.92 Å². The Balaban J connectivity index is 2.10. The first kappa shape index (κ1) is 14.4. The molecule has 7 nitrogen and oxygen atoms in total. The smallest absolute Gasteiger partial charge is 0.258 e. The molecule has 1 saturated heterocycles. The van der Waals surface area contributed by atoms with Gasteiger partial charge >= 0.3 is 0 Å². The minimum Gasteiger partial charge on any atom is -0.381 e. The topological polar surface area (TPSA) is 96.1 Å². The van der Waals surface area contributed by atoms with Crippen molar-refractivity contribution >= 4 is 10.0 Å². The second kappa shape index (κ2) is 6.00. The van der Waals surface area contributed by atoms with E-state index in [4.69, 9.17) is 4.74 Å². The molecule has 0 amide bonds. The Morgan fingerprint density at radius 2 is 2.42 bits per heavy atom. The van der Waals surface area contributed by atoms with Crippen LogP contribution in [0.15, 0.2) is 11.2 Å². The molecule has 2 heterocycles. The summed E-state index contributed by atoms with van der Waals surface area (Å²) in [6.45, 7) is 3.63. The molecule has 2 atom stereocenters. The van der Waals surface area contributed by atoms with Gasteiger partial charge in [0.15, 0.2) is 5.03 Å². The lowest BCUT2D eigenvalue weighted by Gasteiger charge is -2.19. The van der Waals surface area contributed by atoms with E-state index in [2.05, 4.69) is 20.2 Å². The van der Waals surface area contributed by atoms with Crippen molar-refractivity contribution in [2.24, 2.45) is 5.92 Å². The molecule has 2 unspecified atom stereocenters. The van der Waals surface area contributed by atoms with Crippen molar-refractivity contribution in [1.29, 1.82) is 0 Å². The van der Waals surface area contributed by atoms with Crippen LogP contribution in [0.1, 0.15) is 18.9 Å². The van der Waals surface area contributed by atoms with Crippen LogP contribution in [0.3, 0.4) is 0 Å². The van der Waals surface area contributed by atoms with Crippen LogP contribution in [0.4, 0.5) is 0 Å². The van der Waals surface area contributed by atoms with Crippen LogP contribution in [-0.2, 0) is 21.3 Å². The van der Waals surface area contributed by atoms with Crippen molar-refractivity contribution in [2.75, 3.05) is 20.3 Å². The van der Waals surface area contributed by atoms with Crippen LogP contribution in [0.2, 0.25) is 0 Å². The fourth-order valence-electron chi connectivity index (χ4n) is 2.20. The lowest BCUT2D eigenvalue weighted by molar-refractivity contribution is 0.180. The van der Waals surface area contributed by atoms with E-state index >= 15 is 0 Å². The molecule has 3 N–H and O–H groups in total. The van der Waals surface area contributed by atoms with E-state index < -0.39 is 10.0 Å². The molecule has 0 saturated carbocycles. The van der Waals surface area contributed by atoms with Gasteiger partial charge in [-0.2, -0.15) is 5.10 Å². The van der Waals surface area contributed by atoms with Crippen LogP contribution in [0, 0.1) is 5.92 Å². The highest BCUT2D eigenvalue weighted by Gasteiger charge is 2.28. The van der Waals surface area contributed by atoms with Crippen molar-refractivity contribution in [1.82, 2.24) is 20.2 Å². The molecule has 1 aromatic rings. The maximum absolute atomic E-state index is 12.3. The predicted octanol–water partition coefficient (Wildman–Crippen LogP) is -0.168. The van der Waals surface area contributed by atoms with Gasteiger partial charge in [0, 0.05) is 30.7 Å². The minimum absolute atomic E-state index is 0.132. The molecule has 19 heavy (non-hydrogen) atoms. The van der Waals surface area contributed by atoms with Crippen LogP contribution < -0.4 is 10.0 Å². The van der Waals surface area contributed by atoms with Crippen LogP contribution in [0.5, 0.6) is 0 Å². The van der Waals surface area contributed by atoms with E-state index in [1.54, 1.807) is 7.05 Å². The van der Waals surface area contributed by atoms with E-state index in [9.17, 15) is 8.42 Å². The van der Waals surface area contributed by atoms with Gasteiger partial charge in [-0.3, -0.25) is 5.10 Å². The van der Waals surface area contributed by atoms with Gasteiger partial charge in [0.2, 0.25) is 0 Å². The van der Waals surface area contributed by atoms with Gasteiger partial charge in [-0.25, -0.2) is 13.1 Å². The third-order valence-corrected chi connectivity index (χ3v) is 4.90. The summed E-state index contributed by atoms with van der Waals surface area (Å²) in [5.74, 6) is 0.227. The molecule has 0 aromatic carbocycles. The zero-order chi connectivity index (χ0) is 13.9. The highest BCUT2D eigenvalue weighted by Crippen LogP contribution is 2.19. The largest absolute Gasteiger partial charge is 0.381 e. The lowest BCUT2D eigenvalue weighted by Crippen LogP contribution is -2.38. The van der Waals surface area contributed by atoms with Gasteiger partial charge < -0.3 is 10.1 Å². The molecule has 0 radical (unpaired) electrons. The number of hydrogen-bond acceptors (Lipinski definition) is 5. The Labute approximate surface area is 113 Å². The van der Waals surface area contributed by atoms with E-state index in [0.717, 1.165) is 6.42 Å². The number of nitrogens with one attached hydrogen (secondary N) is 3. The predicted molar refractivity (Wildman–Crippen MR) is 70.1 cm³/mol. The number of rotatable bonds is 6. The van der Waals surface area contributed by atoms with Crippen molar-refractivity contribution in [3.8, 4) is 0 Å². The Morgan fingerprint density at radius 1 is 1.63 bits per heavy atom. The fraction of sp³-hybridized carbons (Fsp3) is 0.727. The van der Waals surface area contributed by atoms with Gasteiger partial charge in [0.05, 0.1) is 12.8 Å². The molecular weight excluding hydrogens is 268 g/mol. The Hall–Kier alpha value is -0.960. The summed E-state index contributed by atoms with van der Waals surface area (Å²) in [5, 5.41) is 9.41. The number of sulfonamides is 1. The summed E-state index contributed by atoms with van der Waals surface area (Å²) in [6, 6.07) is -0.154. The first-order valence-corrected chi connectivity index (χ1v) is 7.80. The third-order valence-electron chi connectivity index (χ3n) is 3.33. The van der Waals surface area contributed by atoms with Gasteiger partial charge in [-0.1, -0.05) is 0 Å². The quantitative estimate of drug-likeness (QED) is 0.675. The highest BCUT2D eigenvalue weighted by molar-refractivity contribution is 7.89. The van der Waals surface area contributed by atoms with Crippen LogP contribution >= 0.6 is 0 Å². The molecule has 1 aliphatic heterocycles. The van der Waals surface area contributed by atoms with Gasteiger partial charge in [-0.05, 0) is 20.4 Å². The molecule has 1 aromatic heterocycles. The van der Waals surface area contributed by atoms with Gasteiger partial charge in [0.1, 0.15) is 0 Å². The number of nitrogens with zero attached hydrogens (tertiary/aromatic N) is 1. The molecule has 108 valence electrons. The minimum atomic E-state index is -3.57. The number of ether oxygens (including phenoxy) is 1. The van der Waals surface area contributed by atoms with Crippen molar-refractivity contribution < 1.29 is 13.2 Å². The zero-order valence-electron chi connectivity index (χ0n) is 11.1. The summed E-state index contributed by atoms with van der Waals surface area (Å²) < 4.78 is 32.6. The zero-order valence-corrected chi connectivity index (χ0v) is 12.0. The average molecular weight is 288 g/mol. The van der Waals surface area contributed by atoms with E-state index in [0.29, 0.717) is 25.3 Å². The molecule has 2 rings (SSSR count). The van der Waals surface area contributed by atoms with Gasteiger partial charge in [0.25, 0.3) is 10.0 Å². The molecule has 1 fully saturated rings. The summed E-state index contributed by atoms with van der Waals surface area (Å²) >= 11 is 0.